The van der Waals surface area contributed by atoms with Crippen molar-refractivity contribution in [2.45, 2.75) is 53.6 Å². The second kappa shape index (κ2) is 7.26. The first-order valence-electron chi connectivity index (χ1n) is 7.18. The molecule has 0 amide bonds. The first-order valence-corrected chi connectivity index (χ1v) is 7.18. The zero-order valence-electron chi connectivity index (χ0n) is 14.3. The topological polar surface area (TPSA) is 78.9 Å². The number of hydrogen-bond donors (Lipinski definition) is 0. The molecule has 0 atom stereocenters. The molecule has 0 aromatic heterocycles. The standard InChI is InChI=1S/C17H22O6/c1-10(18)21-9-13-7-14(17(4,5)6)8-15(22-11(2)19)16(13)23-12(3)20/h7-8H,9H2,1-6H3. The van der Waals surface area contributed by atoms with E-state index in [4.69, 9.17) is 14.2 Å². The fraction of sp³-hybridized carbons (Fsp3) is 0.471. The Bertz CT molecular complexity index is 625. The molecule has 0 spiro atoms. The van der Waals surface area contributed by atoms with Gasteiger partial charge in [-0.15, -0.1) is 0 Å². The van der Waals surface area contributed by atoms with E-state index in [9.17, 15) is 14.4 Å². The average Bonchev–Trinajstić information content (AvgIpc) is 2.36. The van der Waals surface area contributed by atoms with Gasteiger partial charge in [0.05, 0.1) is 0 Å². The first-order chi connectivity index (χ1) is 10.5. The molecule has 6 nitrogen and oxygen atoms in total. The number of ether oxygens (including phenoxy) is 3. The van der Waals surface area contributed by atoms with E-state index in [0.29, 0.717) is 5.56 Å². The third kappa shape index (κ3) is 5.73. The second-order valence-corrected chi connectivity index (χ2v) is 6.18. The van der Waals surface area contributed by atoms with E-state index in [1.54, 1.807) is 12.1 Å². The summed E-state index contributed by atoms with van der Waals surface area (Å²) in [7, 11) is 0. The van der Waals surface area contributed by atoms with Crippen molar-refractivity contribution in [1.82, 2.24) is 0 Å². The lowest BCUT2D eigenvalue weighted by Crippen LogP contribution is -2.15. The van der Waals surface area contributed by atoms with Crippen molar-refractivity contribution in [3.8, 4) is 11.5 Å². The number of hydrogen-bond acceptors (Lipinski definition) is 6. The van der Waals surface area contributed by atoms with E-state index in [-0.39, 0.29) is 23.5 Å². The van der Waals surface area contributed by atoms with Crippen LogP contribution in [0, 0.1) is 0 Å². The predicted octanol–water partition coefficient (Wildman–Crippen LogP) is 2.90. The van der Waals surface area contributed by atoms with Gasteiger partial charge in [-0.25, -0.2) is 0 Å². The maximum Gasteiger partial charge on any atom is 0.308 e. The summed E-state index contributed by atoms with van der Waals surface area (Å²) in [5, 5.41) is 0. The van der Waals surface area contributed by atoms with Crippen molar-refractivity contribution >= 4 is 17.9 Å². The van der Waals surface area contributed by atoms with Crippen LogP contribution in [0.3, 0.4) is 0 Å². The molecule has 0 heterocycles. The maximum atomic E-state index is 11.4. The number of carbonyl (C=O) groups excluding carboxylic acids is 3. The molecule has 0 radical (unpaired) electrons. The van der Waals surface area contributed by atoms with Crippen molar-refractivity contribution in [3.05, 3.63) is 23.3 Å². The summed E-state index contributed by atoms with van der Waals surface area (Å²) in [6, 6.07) is 3.42. The van der Waals surface area contributed by atoms with Crippen LogP contribution in [-0.2, 0) is 31.1 Å². The Balaban J connectivity index is 3.47. The van der Waals surface area contributed by atoms with Crippen LogP contribution < -0.4 is 9.47 Å². The summed E-state index contributed by atoms with van der Waals surface area (Å²) in [5.74, 6) is -1.35. The van der Waals surface area contributed by atoms with Gasteiger partial charge in [0.2, 0.25) is 0 Å². The molecule has 23 heavy (non-hydrogen) atoms. The van der Waals surface area contributed by atoms with Crippen molar-refractivity contribution in [2.24, 2.45) is 0 Å². The molecule has 0 saturated heterocycles. The third-order valence-corrected chi connectivity index (χ3v) is 2.93. The maximum absolute atomic E-state index is 11.4. The van der Waals surface area contributed by atoms with Crippen LogP contribution in [0.25, 0.3) is 0 Å². The van der Waals surface area contributed by atoms with Crippen molar-refractivity contribution < 1.29 is 28.6 Å². The highest BCUT2D eigenvalue weighted by Gasteiger charge is 2.23. The molecule has 1 aromatic rings. The molecule has 0 aliphatic rings. The molecule has 126 valence electrons. The van der Waals surface area contributed by atoms with Crippen LogP contribution in [0.4, 0.5) is 0 Å². The van der Waals surface area contributed by atoms with E-state index in [0.717, 1.165) is 5.56 Å². The van der Waals surface area contributed by atoms with Crippen LogP contribution in [0.15, 0.2) is 12.1 Å². The Morgan fingerprint density at radius 3 is 1.91 bits per heavy atom. The quantitative estimate of drug-likeness (QED) is 0.626. The Hall–Kier alpha value is -2.37. The number of rotatable bonds is 4. The first kappa shape index (κ1) is 18.7. The van der Waals surface area contributed by atoms with Gasteiger partial charge in [0.15, 0.2) is 11.5 Å². The molecule has 0 aliphatic heterocycles. The molecule has 0 saturated carbocycles. The van der Waals surface area contributed by atoms with Gasteiger partial charge in [-0.2, -0.15) is 0 Å². The van der Waals surface area contributed by atoms with Gasteiger partial charge >= 0.3 is 17.9 Å². The summed E-state index contributed by atoms with van der Waals surface area (Å²) in [6.07, 6.45) is 0. The highest BCUT2D eigenvalue weighted by Crippen LogP contribution is 2.37. The Kier molecular flexibility index (Phi) is 5.90. The minimum absolute atomic E-state index is 0.0851. The van der Waals surface area contributed by atoms with Gasteiger partial charge in [-0.05, 0) is 23.1 Å². The van der Waals surface area contributed by atoms with E-state index < -0.39 is 17.9 Å². The van der Waals surface area contributed by atoms with Crippen LogP contribution in [0.2, 0.25) is 0 Å². The molecule has 0 fully saturated rings. The highest BCUT2D eigenvalue weighted by atomic mass is 16.6. The predicted molar refractivity (Wildman–Crippen MR) is 83.2 cm³/mol. The Labute approximate surface area is 135 Å². The van der Waals surface area contributed by atoms with Crippen LogP contribution in [0.5, 0.6) is 11.5 Å². The Morgan fingerprint density at radius 2 is 1.48 bits per heavy atom. The molecular weight excluding hydrogens is 300 g/mol. The van der Waals surface area contributed by atoms with Crippen molar-refractivity contribution in [3.63, 3.8) is 0 Å². The molecule has 1 rings (SSSR count). The number of benzene rings is 1. The van der Waals surface area contributed by atoms with Crippen molar-refractivity contribution in [1.29, 1.82) is 0 Å². The Morgan fingerprint density at radius 1 is 0.913 bits per heavy atom. The molecular formula is C17H22O6. The number of esters is 3. The molecule has 1 aromatic carbocycles. The monoisotopic (exact) mass is 322 g/mol. The lowest BCUT2D eigenvalue weighted by molar-refractivity contribution is -0.142. The fourth-order valence-electron chi connectivity index (χ4n) is 1.87. The largest absolute Gasteiger partial charge is 0.461 e. The van der Waals surface area contributed by atoms with Gasteiger partial charge < -0.3 is 14.2 Å². The zero-order valence-corrected chi connectivity index (χ0v) is 14.3. The molecule has 6 heteroatoms. The molecule has 0 bridgehead atoms. The van der Waals surface area contributed by atoms with E-state index in [1.165, 1.54) is 20.8 Å². The van der Waals surface area contributed by atoms with E-state index in [1.807, 2.05) is 20.8 Å². The smallest absolute Gasteiger partial charge is 0.308 e. The van der Waals surface area contributed by atoms with Gasteiger partial charge in [-0.3, -0.25) is 14.4 Å². The summed E-state index contributed by atoms with van der Waals surface area (Å²) in [5.41, 5.74) is 1.07. The average molecular weight is 322 g/mol. The van der Waals surface area contributed by atoms with Gasteiger partial charge in [0.1, 0.15) is 6.61 Å². The van der Waals surface area contributed by atoms with Gasteiger partial charge in [-0.1, -0.05) is 20.8 Å². The normalized spacial score (nSPS) is 10.9. The molecule has 0 N–H and O–H groups in total. The summed E-state index contributed by atoms with van der Waals surface area (Å²) in [6.45, 7) is 9.66. The van der Waals surface area contributed by atoms with E-state index >= 15 is 0 Å². The highest BCUT2D eigenvalue weighted by molar-refractivity contribution is 5.75. The fourth-order valence-corrected chi connectivity index (χ4v) is 1.87. The SMILES string of the molecule is CC(=O)OCc1cc(C(C)(C)C)cc(OC(C)=O)c1OC(C)=O. The van der Waals surface area contributed by atoms with Crippen LogP contribution in [0.1, 0.15) is 52.7 Å². The minimum atomic E-state index is -0.564. The van der Waals surface area contributed by atoms with Gasteiger partial charge in [0.25, 0.3) is 0 Å². The lowest BCUT2D eigenvalue weighted by Gasteiger charge is -2.23. The molecule has 0 aliphatic carbocycles. The second-order valence-electron chi connectivity index (χ2n) is 6.18. The van der Waals surface area contributed by atoms with Gasteiger partial charge in [0, 0.05) is 26.3 Å². The minimum Gasteiger partial charge on any atom is -0.461 e. The molecule has 0 unspecified atom stereocenters. The lowest BCUT2D eigenvalue weighted by atomic mass is 9.86. The zero-order chi connectivity index (χ0) is 17.8. The number of carbonyl (C=O) groups is 3. The van der Waals surface area contributed by atoms with E-state index in [2.05, 4.69) is 0 Å². The summed E-state index contributed by atoms with van der Waals surface area (Å²) in [4.78, 5) is 33.8. The summed E-state index contributed by atoms with van der Waals surface area (Å²) < 4.78 is 15.3. The summed E-state index contributed by atoms with van der Waals surface area (Å²) >= 11 is 0. The van der Waals surface area contributed by atoms with Crippen LogP contribution >= 0.6 is 0 Å². The third-order valence-electron chi connectivity index (χ3n) is 2.93. The van der Waals surface area contributed by atoms with Crippen LogP contribution in [-0.4, -0.2) is 17.9 Å². The van der Waals surface area contributed by atoms with Crippen molar-refractivity contribution in [2.75, 3.05) is 0 Å².